The monoisotopic (exact) mass is 509 g/mol. The van der Waals surface area contributed by atoms with Crippen LogP contribution in [-0.4, -0.2) is 54.5 Å². The molecule has 0 bridgehead atoms. The van der Waals surface area contributed by atoms with Crippen LogP contribution < -0.4 is 21.9 Å². The van der Waals surface area contributed by atoms with Crippen LogP contribution in [0.4, 0.5) is 11.6 Å². The average Bonchev–Trinajstić information content (AvgIpc) is 2.85. The van der Waals surface area contributed by atoms with E-state index in [4.69, 9.17) is 5.73 Å². The molecule has 6 N–H and O–H groups in total. The van der Waals surface area contributed by atoms with Crippen molar-refractivity contribution in [3.8, 4) is 0 Å². The number of nitrogen functional groups attached to an aromatic ring is 1. The summed E-state index contributed by atoms with van der Waals surface area (Å²) in [5, 5.41) is 14.9. The topological polar surface area (TPSA) is 210 Å². The molecule has 0 aliphatic carbocycles. The number of nitrogens with two attached hydrogens (primary N) is 1. The van der Waals surface area contributed by atoms with Crippen LogP contribution >= 0.6 is 0 Å². The number of aliphatic carboxylic acids is 1. The summed E-state index contributed by atoms with van der Waals surface area (Å²) in [6.45, 7) is 3.60. The zero-order valence-corrected chi connectivity index (χ0v) is 20.3. The van der Waals surface area contributed by atoms with Gasteiger partial charge in [0.25, 0.3) is 5.91 Å². The predicted molar refractivity (Wildman–Crippen MR) is 134 cm³/mol. The van der Waals surface area contributed by atoms with E-state index in [2.05, 4.69) is 30.6 Å². The van der Waals surface area contributed by atoms with Crippen molar-refractivity contribution in [1.29, 1.82) is 0 Å². The minimum Gasteiger partial charge on any atom is -0.480 e. The number of aromatic amines is 1. The second kappa shape index (κ2) is 11.8. The lowest BCUT2D eigenvalue weighted by Crippen LogP contribution is -2.41. The molecule has 1 atom stereocenters. The highest BCUT2D eigenvalue weighted by atomic mass is 16.4. The molecule has 2 aromatic heterocycles. The van der Waals surface area contributed by atoms with E-state index in [-0.39, 0.29) is 66.0 Å². The van der Waals surface area contributed by atoms with Gasteiger partial charge in [0, 0.05) is 23.6 Å². The smallest absolute Gasteiger partial charge is 0.326 e. The summed E-state index contributed by atoms with van der Waals surface area (Å²) in [5.41, 5.74) is 6.52. The van der Waals surface area contributed by atoms with E-state index >= 15 is 0 Å². The molecule has 1 unspecified atom stereocenters. The van der Waals surface area contributed by atoms with E-state index in [9.17, 15) is 29.1 Å². The highest BCUT2D eigenvalue weighted by Gasteiger charge is 2.23. The molecule has 0 radical (unpaired) electrons. The Morgan fingerprint density at radius 2 is 1.81 bits per heavy atom. The van der Waals surface area contributed by atoms with Gasteiger partial charge in [-0.2, -0.15) is 4.98 Å². The number of carbonyl (C=O) groups excluding carboxylic acids is 3. The minimum atomic E-state index is -1.28. The number of amides is 1. The molecule has 3 aromatic rings. The van der Waals surface area contributed by atoms with Crippen LogP contribution in [-0.2, 0) is 20.9 Å². The van der Waals surface area contributed by atoms with Crippen molar-refractivity contribution in [1.82, 2.24) is 25.3 Å². The summed E-state index contributed by atoms with van der Waals surface area (Å²) in [6.07, 6.45) is 0.968. The molecule has 1 aromatic carbocycles. The fourth-order valence-corrected chi connectivity index (χ4v) is 3.29. The molecule has 1 amide bonds. The van der Waals surface area contributed by atoms with Gasteiger partial charge in [0.1, 0.15) is 17.6 Å². The number of carbonyl (C=O) groups is 4. The average molecular weight is 510 g/mol. The lowest BCUT2D eigenvalue weighted by molar-refractivity contribution is -0.139. The minimum absolute atomic E-state index is 0.0527. The van der Waals surface area contributed by atoms with Gasteiger partial charge in [0.15, 0.2) is 11.2 Å². The van der Waals surface area contributed by atoms with Crippen molar-refractivity contribution in [3.63, 3.8) is 0 Å². The highest BCUT2D eigenvalue weighted by Crippen LogP contribution is 2.13. The summed E-state index contributed by atoms with van der Waals surface area (Å²) in [5.74, 6) is -2.80. The number of rotatable bonds is 12. The number of Topliss-reactive ketones (excluding diaryl/α,β-unsaturated/α-hetero) is 2. The Kier molecular flexibility index (Phi) is 8.61. The maximum atomic E-state index is 12.5. The molecule has 13 heteroatoms. The zero-order chi connectivity index (χ0) is 27.1. The van der Waals surface area contributed by atoms with Crippen LogP contribution in [0.5, 0.6) is 0 Å². The SMILES string of the molecule is CC(C)C(=O)CC(=O)CCC(NC(=O)c1ccc(NCc2cnc3[nH]c(N)nc(=O)c3n2)cc1)C(=O)O. The summed E-state index contributed by atoms with van der Waals surface area (Å²) in [6, 6.07) is 4.98. The number of nitrogens with one attached hydrogen (secondary N) is 3. The zero-order valence-electron chi connectivity index (χ0n) is 20.3. The van der Waals surface area contributed by atoms with Gasteiger partial charge in [0.05, 0.1) is 24.9 Å². The van der Waals surface area contributed by atoms with Crippen molar-refractivity contribution < 1.29 is 24.3 Å². The molecule has 37 heavy (non-hydrogen) atoms. The van der Waals surface area contributed by atoms with Gasteiger partial charge in [-0.1, -0.05) is 13.8 Å². The summed E-state index contributed by atoms with van der Waals surface area (Å²) in [7, 11) is 0. The summed E-state index contributed by atoms with van der Waals surface area (Å²) < 4.78 is 0. The second-order valence-electron chi connectivity index (χ2n) is 8.66. The number of ketones is 2. The Balaban J connectivity index is 1.56. The number of nitrogens with zero attached hydrogens (tertiary/aromatic N) is 3. The van der Waals surface area contributed by atoms with E-state index < -0.39 is 23.5 Å². The number of H-pyrrole nitrogens is 1. The first-order valence-electron chi connectivity index (χ1n) is 11.5. The number of fused-ring (bicyclic) bond motifs is 1. The van der Waals surface area contributed by atoms with Gasteiger partial charge in [-0.25, -0.2) is 14.8 Å². The lowest BCUT2D eigenvalue weighted by Gasteiger charge is -2.14. The molecule has 2 heterocycles. The number of aromatic nitrogens is 4. The quantitative estimate of drug-likeness (QED) is 0.218. The first-order valence-corrected chi connectivity index (χ1v) is 11.5. The maximum Gasteiger partial charge on any atom is 0.326 e. The van der Waals surface area contributed by atoms with Crippen LogP contribution in [0.25, 0.3) is 11.2 Å². The second-order valence-corrected chi connectivity index (χ2v) is 8.66. The fraction of sp³-hybridized carbons (Fsp3) is 0.333. The Labute approximate surface area is 210 Å². The Morgan fingerprint density at radius 1 is 1.11 bits per heavy atom. The molecule has 0 spiro atoms. The number of carboxylic acid groups (broad SMARTS) is 1. The Hall–Kier alpha value is -4.68. The van der Waals surface area contributed by atoms with Crippen molar-refractivity contribution in [3.05, 3.63) is 52.1 Å². The molecule has 194 valence electrons. The van der Waals surface area contributed by atoms with Crippen molar-refractivity contribution in [2.75, 3.05) is 11.1 Å². The molecule has 0 saturated carbocycles. The van der Waals surface area contributed by atoms with Crippen LogP contribution in [0.15, 0.2) is 35.3 Å². The fourth-order valence-electron chi connectivity index (χ4n) is 3.29. The molecule has 0 aliphatic rings. The van der Waals surface area contributed by atoms with Crippen LogP contribution in [0.2, 0.25) is 0 Å². The highest BCUT2D eigenvalue weighted by molar-refractivity contribution is 6.00. The van der Waals surface area contributed by atoms with E-state index in [0.717, 1.165) is 0 Å². The van der Waals surface area contributed by atoms with Gasteiger partial charge in [-0.05, 0) is 30.7 Å². The Bertz CT molecular complexity index is 1380. The third-order valence-electron chi connectivity index (χ3n) is 5.44. The van der Waals surface area contributed by atoms with Gasteiger partial charge in [-0.15, -0.1) is 0 Å². The molecule has 0 aliphatic heterocycles. The predicted octanol–water partition coefficient (Wildman–Crippen LogP) is 1.05. The van der Waals surface area contributed by atoms with E-state index in [1.807, 2.05) is 0 Å². The van der Waals surface area contributed by atoms with Crippen molar-refractivity contribution >= 4 is 46.2 Å². The summed E-state index contributed by atoms with van der Waals surface area (Å²) >= 11 is 0. The molecular weight excluding hydrogens is 482 g/mol. The van der Waals surface area contributed by atoms with Crippen molar-refractivity contribution in [2.45, 2.75) is 45.7 Å². The van der Waals surface area contributed by atoms with Crippen molar-refractivity contribution in [2.24, 2.45) is 5.92 Å². The largest absolute Gasteiger partial charge is 0.480 e. The number of benzene rings is 1. The van der Waals surface area contributed by atoms with Crippen LogP contribution in [0.3, 0.4) is 0 Å². The molecule has 0 fully saturated rings. The van der Waals surface area contributed by atoms with E-state index in [1.54, 1.807) is 26.0 Å². The number of hydrogen-bond acceptors (Lipinski definition) is 10. The van der Waals surface area contributed by atoms with Crippen LogP contribution in [0.1, 0.15) is 49.2 Å². The number of anilines is 2. The van der Waals surface area contributed by atoms with Gasteiger partial charge in [-0.3, -0.25) is 19.2 Å². The first-order chi connectivity index (χ1) is 17.5. The maximum absolute atomic E-state index is 12.5. The van der Waals surface area contributed by atoms with Gasteiger partial charge in [0.2, 0.25) is 5.95 Å². The van der Waals surface area contributed by atoms with Gasteiger partial charge < -0.3 is 26.5 Å². The normalized spacial score (nSPS) is 11.8. The molecule has 13 nitrogen and oxygen atoms in total. The lowest BCUT2D eigenvalue weighted by atomic mass is 10.00. The Morgan fingerprint density at radius 3 is 2.46 bits per heavy atom. The molecular formula is C24H27N7O6. The van der Waals surface area contributed by atoms with E-state index in [1.165, 1.54) is 18.3 Å². The number of carboxylic acids is 1. The molecule has 3 rings (SSSR count). The third-order valence-corrected chi connectivity index (χ3v) is 5.44. The third kappa shape index (κ3) is 7.40. The van der Waals surface area contributed by atoms with E-state index in [0.29, 0.717) is 11.4 Å². The van der Waals surface area contributed by atoms with Crippen LogP contribution in [0, 0.1) is 5.92 Å². The van der Waals surface area contributed by atoms with Gasteiger partial charge >= 0.3 is 11.5 Å². The molecule has 0 saturated heterocycles. The summed E-state index contributed by atoms with van der Waals surface area (Å²) in [4.78, 5) is 74.3. The first kappa shape index (κ1) is 26.9. The number of hydrogen-bond donors (Lipinski definition) is 5. The standard InChI is InChI=1S/C24H27N7O6/c1-12(2)18(33)9-16(32)7-8-17(23(36)37)29-21(34)13-3-5-14(6-4-13)26-10-15-11-27-20-19(28-15)22(35)31-24(25)30-20/h3-6,11-12,17,26H,7-10H2,1-2H3,(H,29,34)(H,36,37)(H3,25,27,30,31,35).